The van der Waals surface area contributed by atoms with Crippen molar-refractivity contribution in [1.29, 1.82) is 0 Å². The Hall–Kier alpha value is -0.770. The van der Waals surface area contributed by atoms with Crippen LogP contribution in [-0.4, -0.2) is 30.3 Å². The minimum atomic E-state index is -0.427. The molecule has 0 radical (unpaired) electrons. The molecular formula is C19H36N2O2. The minimum Gasteiger partial charge on any atom is -0.444 e. The molecule has 0 aromatic heterocycles. The number of hydrogen-bond donors (Lipinski definition) is 2. The summed E-state index contributed by atoms with van der Waals surface area (Å²) < 4.78 is 5.35. The van der Waals surface area contributed by atoms with E-state index in [1.165, 1.54) is 44.9 Å². The number of amides is 1. The van der Waals surface area contributed by atoms with Crippen molar-refractivity contribution in [1.82, 2.24) is 10.6 Å². The van der Waals surface area contributed by atoms with Gasteiger partial charge in [0.1, 0.15) is 5.60 Å². The fourth-order valence-corrected chi connectivity index (χ4v) is 4.08. The van der Waals surface area contributed by atoms with Crippen LogP contribution in [0.15, 0.2) is 0 Å². The molecule has 2 rings (SSSR count). The van der Waals surface area contributed by atoms with Gasteiger partial charge in [-0.1, -0.05) is 26.7 Å². The molecule has 1 amide bonds. The Morgan fingerprint density at radius 1 is 1.17 bits per heavy atom. The molecule has 3 atom stereocenters. The van der Waals surface area contributed by atoms with E-state index in [0.29, 0.717) is 23.4 Å². The average Bonchev–Trinajstić information content (AvgIpc) is 2.75. The van der Waals surface area contributed by atoms with E-state index < -0.39 is 5.60 Å². The highest BCUT2D eigenvalue weighted by molar-refractivity contribution is 5.67. The maximum absolute atomic E-state index is 11.9. The highest BCUT2D eigenvalue weighted by atomic mass is 16.6. The molecule has 0 saturated heterocycles. The van der Waals surface area contributed by atoms with Crippen LogP contribution < -0.4 is 10.6 Å². The summed E-state index contributed by atoms with van der Waals surface area (Å²) in [6.45, 7) is 11.2. The smallest absolute Gasteiger partial charge is 0.407 e. The number of nitrogens with one attached hydrogen (secondary N) is 2. The largest absolute Gasteiger partial charge is 0.444 e. The zero-order chi connectivity index (χ0) is 17.1. The molecule has 23 heavy (non-hydrogen) atoms. The van der Waals surface area contributed by atoms with Gasteiger partial charge < -0.3 is 15.4 Å². The molecule has 0 aliphatic heterocycles. The molecule has 0 bridgehead atoms. The maximum atomic E-state index is 11.9. The van der Waals surface area contributed by atoms with Gasteiger partial charge in [-0.15, -0.1) is 0 Å². The highest BCUT2D eigenvalue weighted by Crippen LogP contribution is 2.38. The molecule has 4 nitrogen and oxygen atoms in total. The van der Waals surface area contributed by atoms with Crippen molar-refractivity contribution in [3.8, 4) is 0 Å². The fourth-order valence-electron chi connectivity index (χ4n) is 4.08. The Kier molecular flexibility index (Phi) is 5.99. The summed E-state index contributed by atoms with van der Waals surface area (Å²) in [7, 11) is 0. The van der Waals surface area contributed by atoms with Crippen LogP contribution in [0.2, 0.25) is 0 Å². The molecule has 3 unspecified atom stereocenters. The van der Waals surface area contributed by atoms with E-state index in [1.54, 1.807) is 0 Å². The van der Waals surface area contributed by atoms with E-state index >= 15 is 0 Å². The summed E-state index contributed by atoms with van der Waals surface area (Å²) in [5, 5.41) is 6.88. The van der Waals surface area contributed by atoms with Crippen LogP contribution in [0, 0.1) is 11.3 Å². The molecule has 2 aliphatic carbocycles. The lowest BCUT2D eigenvalue weighted by atomic mass is 9.83. The van der Waals surface area contributed by atoms with Crippen molar-refractivity contribution in [2.75, 3.05) is 6.54 Å². The van der Waals surface area contributed by atoms with Gasteiger partial charge in [-0.3, -0.25) is 0 Å². The predicted molar refractivity (Wildman–Crippen MR) is 94.5 cm³/mol. The van der Waals surface area contributed by atoms with Crippen LogP contribution in [-0.2, 0) is 4.74 Å². The lowest BCUT2D eigenvalue weighted by Crippen LogP contribution is -2.48. The maximum Gasteiger partial charge on any atom is 0.407 e. The van der Waals surface area contributed by atoms with Gasteiger partial charge in [-0.25, -0.2) is 4.79 Å². The molecule has 2 fully saturated rings. The molecule has 0 aromatic carbocycles. The second kappa shape index (κ2) is 7.42. The van der Waals surface area contributed by atoms with E-state index in [1.807, 2.05) is 20.8 Å². The fraction of sp³-hybridized carbons (Fsp3) is 0.947. The first-order valence-corrected chi connectivity index (χ1v) is 9.37. The van der Waals surface area contributed by atoms with Gasteiger partial charge in [0.05, 0.1) is 0 Å². The van der Waals surface area contributed by atoms with Gasteiger partial charge in [0.25, 0.3) is 0 Å². The van der Waals surface area contributed by atoms with Crippen LogP contribution >= 0.6 is 0 Å². The first-order chi connectivity index (χ1) is 10.6. The third-order valence-corrected chi connectivity index (χ3v) is 5.23. The monoisotopic (exact) mass is 324 g/mol. The Bertz CT molecular complexity index is 401. The third-order valence-electron chi connectivity index (χ3n) is 5.23. The summed E-state index contributed by atoms with van der Waals surface area (Å²) in [5.41, 5.74) is 0.0559. The Morgan fingerprint density at radius 2 is 1.87 bits per heavy atom. The predicted octanol–water partition coefficient (Wildman–Crippen LogP) is 4.24. The van der Waals surface area contributed by atoms with Gasteiger partial charge in [-0.05, 0) is 64.2 Å². The van der Waals surface area contributed by atoms with E-state index in [2.05, 4.69) is 24.5 Å². The summed E-state index contributed by atoms with van der Waals surface area (Å²) in [6.07, 6.45) is 8.60. The number of hydrogen-bond acceptors (Lipinski definition) is 3. The van der Waals surface area contributed by atoms with Crippen LogP contribution in [0.1, 0.15) is 79.6 Å². The highest BCUT2D eigenvalue weighted by Gasteiger charge is 2.34. The van der Waals surface area contributed by atoms with Crippen molar-refractivity contribution in [2.24, 2.45) is 11.3 Å². The van der Waals surface area contributed by atoms with Gasteiger partial charge in [0, 0.05) is 18.6 Å². The normalized spacial score (nSPS) is 30.9. The van der Waals surface area contributed by atoms with Crippen LogP contribution in [0.3, 0.4) is 0 Å². The lowest BCUT2D eigenvalue weighted by Gasteiger charge is -2.35. The number of alkyl carbamates (subject to hydrolysis) is 1. The Labute approximate surface area is 142 Å². The molecule has 2 aliphatic rings. The Balaban J connectivity index is 1.80. The molecule has 2 N–H and O–H groups in total. The lowest BCUT2D eigenvalue weighted by molar-refractivity contribution is 0.0510. The molecule has 0 aromatic rings. The summed E-state index contributed by atoms with van der Waals surface area (Å²) in [5.74, 6) is 0.528. The number of carbonyl (C=O) groups is 1. The second-order valence-corrected chi connectivity index (χ2v) is 9.30. The molecule has 4 heteroatoms. The first kappa shape index (κ1) is 18.6. The molecule has 0 spiro atoms. The summed E-state index contributed by atoms with van der Waals surface area (Å²) in [4.78, 5) is 11.9. The van der Waals surface area contributed by atoms with Crippen molar-refractivity contribution in [3.05, 3.63) is 0 Å². The van der Waals surface area contributed by atoms with Gasteiger partial charge in [0.2, 0.25) is 0 Å². The average molecular weight is 325 g/mol. The van der Waals surface area contributed by atoms with Crippen LogP contribution in [0.25, 0.3) is 0 Å². The van der Waals surface area contributed by atoms with E-state index in [-0.39, 0.29) is 6.09 Å². The van der Waals surface area contributed by atoms with Crippen molar-refractivity contribution in [3.63, 3.8) is 0 Å². The van der Waals surface area contributed by atoms with Crippen molar-refractivity contribution < 1.29 is 9.53 Å². The quantitative estimate of drug-likeness (QED) is 0.813. The molecule has 2 saturated carbocycles. The van der Waals surface area contributed by atoms with Crippen molar-refractivity contribution >= 4 is 6.09 Å². The second-order valence-electron chi connectivity index (χ2n) is 9.30. The topological polar surface area (TPSA) is 50.4 Å². The Morgan fingerprint density at radius 3 is 2.48 bits per heavy atom. The van der Waals surface area contributed by atoms with Gasteiger partial charge in [-0.2, -0.15) is 0 Å². The first-order valence-electron chi connectivity index (χ1n) is 9.37. The molecular weight excluding hydrogens is 288 g/mol. The summed E-state index contributed by atoms with van der Waals surface area (Å²) >= 11 is 0. The number of rotatable bonds is 4. The SMILES string of the molecule is CC1(C)CCC(NC2CCCCC2CNC(=O)OC(C)(C)C)C1. The standard InChI is InChI=1S/C19H36N2O2/c1-18(2,3)23-17(22)20-13-14-8-6-7-9-16(14)21-15-10-11-19(4,5)12-15/h14-16,21H,6-13H2,1-5H3,(H,20,22). The van der Waals surface area contributed by atoms with Crippen molar-refractivity contribution in [2.45, 2.75) is 97.2 Å². The third kappa shape index (κ3) is 6.33. The van der Waals surface area contributed by atoms with Crippen LogP contribution in [0.4, 0.5) is 4.79 Å². The number of ether oxygens (including phenoxy) is 1. The van der Waals surface area contributed by atoms with Gasteiger partial charge in [0.15, 0.2) is 0 Å². The van der Waals surface area contributed by atoms with Crippen LogP contribution in [0.5, 0.6) is 0 Å². The van der Waals surface area contributed by atoms with E-state index in [4.69, 9.17) is 4.74 Å². The molecule has 134 valence electrons. The van der Waals surface area contributed by atoms with Gasteiger partial charge >= 0.3 is 6.09 Å². The zero-order valence-electron chi connectivity index (χ0n) is 15.7. The minimum absolute atomic E-state index is 0.288. The van der Waals surface area contributed by atoms with E-state index in [0.717, 1.165) is 6.54 Å². The number of carbonyl (C=O) groups excluding carboxylic acids is 1. The zero-order valence-corrected chi connectivity index (χ0v) is 15.7. The molecule has 0 heterocycles. The summed E-state index contributed by atoms with van der Waals surface area (Å²) in [6, 6.07) is 1.19. The van der Waals surface area contributed by atoms with E-state index in [9.17, 15) is 4.79 Å².